The molecule has 114 valence electrons. The van der Waals surface area contributed by atoms with Crippen LogP contribution in [0.25, 0.3) is 10.9 Å². The Hall–Kier alpha value is -1.81. The number of methoxy groups -OCH3 is 1. The summed E-state index contributed by atoms with van der Waals surface area (Å²) in [6.07, 6.45) is 0. The summed E-state index contributed by atoms with van der Waals surface area (Å²) < 4.78 is 5.21. The average molecular weight is 287 g/mol. The van der Waals surface area contributed by atoms with Gasteiger partial charge in [0.05, 0.1) is 17.8 Å². The lowest BCUT2D eigenvalue weighted by molar-refractivity contribution is 0.182. The SMILES string of the molecule is CCNc1cc(COC)nc2ccc(N(CC)CC)cc12. The number of ether oxygens (including phenoxy) is 1. The van der Waals surface area contributed by atoms with Gasteiger partial charge in [0.15, 0.2) is 0 Å². The standard InChI is InChI=1S/C17H25N3O/c1-5-18-17-10-13(12-21-4)19-16-9-8-14(11-15(16)17)20(6-2)7-3/h8-11H,5-7,12H2,1-4H3,(H,18,19). The highest BCUT2D eigenvalue weighted by molar-refractivity contribution is 5.94. The molecule has 21 heavy (non-hydrogen) atoms. The molecule has 1 aromatic heterocycles. The zero-order valence-electron chi connectivity index (χ0n) is 13.4. The van der Waals surface area contributed by atoms with Crippen LogP contribution in [-0.4, -0.2) is 31.7 Å². The van der Waals surface area contributed by atoms with Crippen molar-refractivity contribution in [2.45, 2.75) is 27.4 Å². The topological polar surface area (TPSA) is 37.4 Å². The Balaban J connectivity index is 2.53. The molecule has 0 saturated carbocycles. The number of nitrogens with zero attached hydrogens (tertiary/aromatic N) is 2. The molecule has 0 saturated heterocycles. The van der Waals surface area contributed by atoms with Gasteiger partial charge in [-0.1, -0.05) is 0 Å². The molecule has 4 heteroatoms. The molecule has 0 aliphatic heterocycles. The second kappa shape index (κ2) is 7.27. The molecular formula is C17H25N3O. The fraction of sp³-hybridized carbons (Fsp3) is 0.471. The van der Waals surface area contributed by atoms with Crippen molar-refractivity contribution in [3.63, 3.8) is 0 Å². The summed E-state index contributed by atoms with van der Waals surface area (Å²) in [6.45, 7) is 9.91. The maximum absolute atomic E-state index is 5.21. The highest BCUT2D eigenvalue weighted by atomic mass is 16.5. The van der Waals surface area contributed by atoms with E-state index in [2.05, 4.69) is 60.2 Å². The molecular weight excluding hydrogens is 262 g/mol. The van der Waals surface area contributed by atoms with Crippen LogP contribution >= 0.6 is 0 Å². The minimum Gasteiger partial charge on any atom is -0.385 e. The van der Waals surface area contributed by atoms with E-state index in [4.69, 9.17) is 4.74 Å². The number of fused-ring (bicyclic) bond motifs is 1. The molecule has 2 aromatic rings. The number of hydrogen-bond acceptors (Lipinski definition) is 4. The van der Waals surface area contributed by atoms with Crippen LogP contribution in [0.1, 0.15) is 26.5 Å². The van der Waals surface area contributed by atoms with E-state index < -0.39 is 0 Å². The van der Waals surface area contributed by atoms with Crippen molar-refractivity contribution in [3.8, 4) is 0 Å². The van der Waals surface area contributed by atoms with Crippen LogP contribution in [0.5, 0.6) is 0 Å². The molecule has 1 N–H and O–H groups in total. The quantitative estimate of drug-likeness (QED) is 0.843. The van der Waals surface area contributed by atoms with Crippen molar-refractivity contribution in [2.75, 3.05) is 37.0 Å². The van der Waals surface area contributed by atoms with Gasteiger partial charge in [0, 0.05) is 43.5 Å². The lowest BCUT2D eigenvalue weighted by Crippen LogP contribution is -2.21. The van der Waals surface area contributed by atoms with Crippen LogP contribution in [0.2, 0.25) is 0 Å². The third-order valence-electron chi connectivity index (χ3n) is 3.63. The van der Waals surface area contributed by atoms with Crippen LogP contribution in [-0.2, 0) is 11.3 Å². The van der Waals surface area contributed by atoms with E-state index in [1.807, 2.05) is 0 Å². The molecule has 0 atom stereocenters. The summed E-state index contributed by atoms with van der Waals surface area (Å²) in [5.41, 5.74) is 4.34. The number of nitrogens with one attached hydrogen (secondary N) is 1. The Morgan fingerprint density at radius 2 is 1.90 bits per heavy atom. The fourth-order valence-corrected chi connectivity index (χ4v) is 2.61. The number of rotatable bonds is 7. The third kappa shape index (κ3) is 3.45. The van der Waals surface area contributed by atoms with Crippen molar-refractivity contribution < 1.29 is 4.74 Å². The lowest BCUT2D eigenvalue weighted by Gasteiger charge is -2.22. The van der Waals surface area contributed by atoms with Gasteiger partial charge in [-0.15, -0.1) is 0 Å². The van der Waals surface area contributed by atoms with Gasteiger partial charge in [-0.3, -0.25) is 4.98 Å². The van der Waals surface area contributed by atoms with Crippen LogP contribution in [0.3, 0.4) is 0 Å². The van der Waals surface area contributed by atoms with Gasteiger partial charge < -0.3 is 15.0 Å². The molecule has 0 aliphatic carbocycles. The number of benzene rings is 1. The van der Waals surface area contributed by atoms with Crippen LogP contribution < -0.4 is 10.2 Å². The van der Waals surface area contributed by atoms with Gasteiger partial charge in [0.25, 0.3) is 0 Å². The van der Waals surface area contributed by atoms with E-state index in [1.54, 1.807) is 7.11 Å². The largest absolute Gasteiger partial charge is 0.385 e. The minimum atomic E-state index is 0.534. The highest BCUT2D eigenvalue weighted by Gasteiger charge is 2.09. The molecule has 0 bridgehead atoms. The predicted molar refractivity (Wildman–Crippen MR) is 90.2 cm³/mol. The summed E-state index contributed by atoms with van der Waals surface area (Å²) in [5, 5.41) is 4.61. The number of anilines is 2. The Morgan fingerprint density at radius 3 is 2.52 bits per heavy atom. The van der Waals surface area contributed by atoms with E-state index >= 15 is 0 Å². The maximum atomic E-state index is 5.21. The monoisotopic (exact) mass is 287 g/mol. The van der Waals surface area contributed by atoms with Crippen LogP contribution in [0.4, 0.5) is 11.4 Å². The normalized spacial score (nSPS) is 10.9. The van der Waals surface area contributed by atoms with Gasteiger partial charge in [0.1, 0.15) is 0 Å². The van der Waals surface area contributed by atoms with Gasteiger partial charge in [0.2, 0.25) is 0 Å². The lowest BCUT2D eigenvalue weighted by atomic mass is 10.1. The first kappa shape index (κ1) is 15.6. The molecule has 0 amide bonds. The molecule has 1 aromatic carbocycles. The van der Waals surface area contributed by atoms with Gasteiger partial charge in [-0.25, -0.2) is 0 Å². The predicted octanol–water partition coefficient (Wildman–Crippen LogP) is 3.66. The van der Waals surface area contributed by atoms with Crippen molar-refractivity contribution in [2.24, 2.45) is 0 Å². The average Bonchev–Trinajstić information content (AvgIpc) is 2.49. The summed E-state index contributed by atoms with van der Waals surface area (Å²) in [4.78, 5) is 7.02. The molecule has 0 unspecified atom stereocenters. The van der Waals surface area contributed by atoms with Crippen molar-refractivity contribution in [1.82, 2.24) is 4.98 Å². The number of pyridine rings is 1. The Labute approximate surface area is 127 Å². The highest BCUT2D eigenvalue weighted by Crippen LogP contribution is 2.28. The van der Waals surface area contributed by atoms with Gasteiger partial charge in [-0.05, 0) is 45.0 Å². The van der Waals surface area contributed by atoms with Crippen LogP contribution in [0, 0.1) is 0 Å². The molecule has 2 rings (SSSR count). The third-order valence-corrected chi connectivity index (χ3v) is 3.63. The zero-order valence-corrected chi connectivity index (χ0v) is 13.4. The number of aromatic nitrogens is 1. The Kier molecular flexibility index (Phi) is 5.39. The van der Waals surface area contributed by atoms with Crippen molar-refractivity contribution in [1.29, 1.82) is 0 Å². The molecule has 4 nitrogen and oxygen atoms in total. The van der Waals surface area contributed by atoms with E-state index in [-0.39, 0.29) is 0 Å². The maximum Gasteiger partial charge on any atom is 0.0885 e. The summed E-state index contributed by atoms with van der Waals surface area (Å²) in [6, 6.07) is 8.56. The minimum absolute atomic E-state index is 0.534. The van der Waals surface area contributed by atoms with Gasteiger partial charge in [-0.2, -0.15) is 0 Å². The summed E-state index contributed by atoms with van der Waals surface area (Å²) in [5.74, 6) is 0. The van der Waals surface area contributed by atoms with E-state index in [0.717, 1.165) is 36.5 Å². The Bertz CT molecular complexity index is 594. The molecule has 0 fully saturated rings. The van der Waals surface area contributed by atoms with Crippen molar-refractivity contribution in [3.05, 3.63) is 30.0 Å². The second-order valence-electron chi connectivity index (χ2n) is 5.00. The molecule has 0 radical (unpaired) electrons. The first-order valence-electron chi connectivity index (χ1n) is 7.64. The van der Waals surface area contributed by atoms with Crippen LogP contribution in [0.15, 0.2) is 24.3 Å². The molecule has 0 aliphatic rings. The van der Waals surface area contributed by atoms with E-state index in [0.29, 0.717) is 6.61 Å². The van der Waals surface area contributed by atoms with E-state index in [9.17, 15) is 0 Å². The molecule has 0 spiro atoms. The van der Waals surface area contributed by atoms with E-state index in [1.165, 1.54) is 11.1 Å². The molecule has 1 heterocycles. The smallest absolute Gasteiger partial charge is 0.0885 e. The first-order valence-corrected chi connectivity index (χ1v) is 7.64. The number of hydrogen-bond donors (Lipinski definition) is 1. The summed E-state index contributed by atoms with van der Waals surface area (Å²) >= 11 is 0. The van der Waals surface area contributed by atoms with Crippen molar-refractivity contribution >= 4 is 22.3 Å². The Morgan fingerprint density at radius 1 is 1.14 bits per heavy atom. The first-order chi connectivity index (χ1) is 10.2. The summed E-state index contributed by atoms with van der Waals surface area (Å²) in [7, 11) is 1.70. The fourth-order valence-electron chi connectivity index (χ4n) is 2.61. The zero-order chi connectivity index (χ0) is 15.2. The van der Waals surface area contributed by atoms with Gasteiger partial charge >= 0.3 is 0 Å². The second-order valence-corrected chi connectivity index (χ2v) is 5.00.